The maximum absolute atomic E-state index is 13.7. The third-order valence-electron chi connectivity index (χ3n) is 7.36. The van der Waals surface area contributed by atoms with E-state index in [1.807, 2.05) is 17.0 Å². The van der Waals surface area contributed by atoms with E-state index in [1.54, 1.807) is 11.0 Å². The molecule has 8 heteroatoms. The number of nitrogens with one attached hydrogen (secondary N) is 1. The number of morpholine rings is 1. The van der Waals surface area contributed by atoms with Gasteiger partial charge in [0.05, 0.1) is 13.2 Å². The summed E-state index contributed by atoms with van der Waals surface area (Å²) in [5, 5.41) is 3.58. The van der Waals surface area contributed by atoms with Crippen LogP contribution in [0.4, 0.5) is 10.5 Å². The van der Waals surface area contributed by atoms with Gasteiger partial charge >= 0.3 is 6.03 Å². The predicted octanol–water partition coefficient (Wildman–Crippen LogP) is 4.38. The van der Waals surface area contributed by atoms with Crippen LogP contribution in [0.2, 0.25) is 5.02 Å². The van der Waals surface area contributed by atoms with E-state index < -0.39 is 0 Å². The van der Waals surface area contributed by atoms with E-state index in [-0.39, 0.29) is 29.9 Å². The molecule has 7 nitrogen and oxygen atoms in total. The van der Waals surface area contributed by atoms with Gasteiger partial charge in [-0.3, -0.25) is 4.79 Å². The quantitative estimate of drug-likeness (QED) is 0.660. The number of ether oxygens (including phenoxy) is 1. The Morgan fingerprint density at radius 3 is 2.48 bits per heavy atom. The summed E-state index contributed by atoms with van der Waals surface area (Å²) < 4.78 is 5.33. The van der Waals surface area contributed by atoms with Gasteiger partial charge in [0, 0.05) is 48.3 Å². The highest BCUT2D eigenvalue weighted by atomic mass is 35.5. The number of benzene rings is 1. The number of rotatable bonds is 5. The third kappa shape index (κ3) is 6.19. The first kappa shape index (κ1) is 24.3. The number of carbonyl (C=O) groups is 2. The van der Waals surface area contributed by atoms with E-state index in [9.17, 15) is 9.59 Å². The van der Waals surface area contributed by atoms with Crippen molar-refractivity contribution < 1.29 is 14.3 Å². The standard InChI is InChI=1S/C25H37ClN4O3/c26-21-11-10-20(28-25(32)29-12-14-33-15-13-29)16-19(21)17-30(23-9-5-4-8-22(23)27)24(31)18-6-2-1-3-7-18/h10-11,16,18,22-23H,1-9,12-15,17,27H2,(H,28,32). The Balaban J connectivity index is 1.52. The number of hydrogen-bond donors (Lipinski definition) is 2. The first-order valence-electron chi connectivity index (χ1n) is 12.5. The number of nitrogens with two attached hydrogens (primary N) is 1. The van der Waals surface area contributed by atoms with Gasteiger partial charge in [-0.25, -0.2) is 4.79 Å². The smallest absolute Gasteiger partial charge is 0.321 e. The van der Waals surface area contributed by atoms with Gasteiger partial charge < -0.3 is 25.6 Å². The van der Waals surface area contributed by atoms with Crippen molar-refractivity contribution in [2.24, 2.45) is 11.7 Å². The third-order valence-corrected chi connectivity index (χ3v) is 7.72. The summed E-state index contributed by atoms with van der Waals surface area (Å²) >= 11 is 6.58. The van der Waals surface area contributed by atoms with Crippen LogP contribution in [-0.2, 0) is 16.1 Å². The molecule has 1 aliphatic heterocycles. The summed E-state index contributed by atoms with van der Waals surface area (Å²) in [6.07, 6.45) is 9.46. The van der Waals surface area contributed by atoms with E-state index in [2.05, 4.69) is 5.32 Å². The highest BCUT2D eigenvalue weighted by Crippen LogP contribution is 2.32. The molecule has 0 radical (unpaired) electrons. The summed E-state index contributed by atoms with van der Waals surface area (Å²) in [5.74, 6) is 0.298. The molecule has 0 spiro atoms. The highest BCUT2D eigenvalue weighted by molar-refractivity contribution is 6.31. The lowest BCUT2D eigenvalue weighted by molar-refractivity contribution is -0.141. The minimum absolute atomic E-state index is 0.00530. The molecule has 1 heterocycles. The fourth-order valence-electron chi connectivity index (χ4n) is 5.40. The van der Waals surface area contributed by atoms with Crippen molar-refractivity contribution in [2.45, 2.75) is 76.4 Å². The lowest BCUT2D eigenvalue weighted by atomic mass is 9.85. The number of carbonyl (C=O) groups excluding carboxylic acids is 2. The minimum atomic E-state index is -0.143. The van der Waals surface area contributed by atoms with Crippen molar-refractivity contribution >= 4 is 29.2 Å². The first-order chi connectivity index (χ1) is 16.0. The summed E-state index contributed by atoms with van der Waals surface area (Å²) in [7, 11) is 0. The molecule has 3 amide bonds. The van der Waals surface area contributed by atoms with Crippen molar-refractivity contribution in [2.75, 3.05) is 31.6 Å². The molecule has 1 aromatic carbocycles. The van der Waals surface area contributed by atoms with Crippen molar-refractivity contribution in [3.05, 3.63) is 28.8 Å². The Hall–Kier alpha value is -1.83. The lowest BCUT2D eigenvalue weighted by Crippen LogP contribution is -2.53. The zero-order chi connectivity index (χ0) is 23.2. The number of nitrogens with zero attached hydrogens (tertiary/aromatic N) is 2. The number of halogens is 1. The molecule has 182 valence electrons. The second-order valence-corrected chi connectivity index (χ2v) is 10.1. The number of amides is 3. The van der Waals surface area contributed by atoms with Crippen LogP contribution in [0, 0.1) is 5.92 Å². The maximum atomic E-state index is 13.7. The molecule has 1 aromatic rings. The summed E-state index contributed by atoms with van der Waals surface area (Å²) in [6.45, 7) is 2.69. The monoisotopic (exact) mass is 476 g/mol. The largest absolute Gasteiger partial charge is 0.378 e. The molecule has 2 unspecified atom stereocenters. The highest BCUT2D eigenvalue weighted by Gasteiger charge is 2.35. The van der Waals surface area contributed by atoms with Gasteiger partial charge in [0.2, 0.25) is 5.91 Å². The number of hydrogen-bond acceptors (Lipinski definition) is 4. The Labute approximate surface area is 201 Å². The fraction of sp³-hybridized carbons (Fsp3) is 0.680. The Kier molecular flexibility index (Phi) is 8.50. The summed E-state index contributed by atoms with van der Waals surface area (Å²) in [5.41, 5.74) is 8.05. The molecule has 0 bridgehead atoms. The van der Waals surface area contributed by atoms with Crippen LogP contribution >= 0.6 is 11.6 Å². The molecule has 3 aliphatic rings. The van der Waals surface area contributed by atoms with Gasteiger partial charge in [-0.1, -0.05) is 43.7 Å². The van der Waals surface area contributed by atoms with Crippen LogP contribution in [0.3, 0.4) is 0 Å². The van der Waals surface area contributed by atoms with Crippen molar-refractivity contribution in [3.8, 4) is 0 Å². The SMILES string of the molecule is NC1CCCCC1N(Cc1cc(NC(=O)N2CCOCC2)ccc1Cl)C(=O)C1CCCCC1. The summed E-state index contributed by atoms with van der Waals surface area (Å²) in [4.78, 5) is 30.1. The fourth-order valence-corrected chi connectivity index (χ4v) is 5.57. The summed E-state index contributed by atoms with van der Waals surface area (Å²) in [6, 6.07) is 5.40. The van der Waals surface area contributed by atoms with Crippen LogP contribution in [0.1, 0.15) is 63.4 Å². The predicted molar refractivity (Wildman–Crippen MR) is 130 cm³/mol. The molecule has 3 N–H and O–H groups in total. The molecular formula is C25H37ClN4O3. The van der Waals surface area contributed by atoms with Gasteiger partial charge in [-0.2, -0.15) is 0 Å². The average Bonchev–Trinajstić information content (AvgIpc) is 2.85. The van der Waals surface area contributed by atoms with Gasteiger partial charge in [0.1, 0.15) is 0 Å². The van der Waals surface area contributed by atoms with Crippen LogP contribution in [0.25, 0.3) is 0 Å². The Bertz CT molecular complexity index is 824. The molecule has 2 aliphatic carbocycles. The van der Waals surface area contributed by atoms with E-state index in [0.29, 0.717) is 43.6 Å². The van der Waals surface area contributed by atoms with E-state index in [0.717, 1.165) is 56.9 Å². The van der Waals surface area contributed by atoms with Crippen LogP contribution < -0.4 is 11.1 Å². The Morgan fingerprint density at radius 1 is 1.06 bits per heavy atom. The molecule has 0 aromatic heterocycles. The second kappa shape index (κ2) is 11.5. The molecule has 2 saturated carbocycles. The first-order valence-corrected chi connectivity index (χ1v) is 12.9. The van der Waals surface area contributed by atoms with Crippen LogP contribution in [-0.4, -0.2) is 60.1 Å². The average molecular weight is 477 g/mol. The molecule has 2 atom stereocenters. The zero-order valence-electron chi connectivity index (χ0n) is 19.4. The normalized spacial score (nSPS) is 24.4. The molecule has 1 saturated heterocycles. The lowest BCUT2D eigenvalue weighted by Gasteiger charge is -2.41. The van der Waals surface area contributed by atoms with Crippen LogP contribution in [0.5, 0.6) is 0 Å². The molecular weight excluding hydrogens is 440 g/mol. The van der Waals surface area contributed by atoms with E-state index in [1.165, 1.54) is 6.42 Å². The molecule has 33 heavy (non-hydrogen) atoms. The van der Waals surface area contributed by atoms with Crippen molar-refractivity contribution in [3.63, 3.8) is 0 Å². The molecule has 3 fully saturated rings. The van der Waals surface area contributed by atoms with Gasteiger partial charge in [0.15, 0.2) is 0 Å². The second-order valence-electron chi connectivity index (χ2n) is 9.65. The van der Waals surface area contributed by atoms with E-state index in [4.69, 9.17) is 22.1 Å². The van der Waals surface area contributed by atoms with Crippen LogP contribution in [0.15, 0.2) is 18.2 Å². The van der Waals surface area contributed by atoms with Gasteiger partial charge in [0.25, 0.3) is 0 Å². The molecule has 4 rings (SSSR count). The zero-order valence-corrected chi connectivity index (χ0v) is 20.2. The maximum Gasteiger partial charge on any atom is 0.321 e. The topological polar surface area (TPSA) is 87.9 Å². The number of anilines is 1. The van der Waals surface area contributed by atoms with Crippen molar-refractivity contribution in [1.82, 2.24) is 9.80 Å². The van der Waals surface area contributed by atoms with Gasteiger partial charge in [-0.15, -0.1) is 0 Å². The minimum Gasteiger partial charge on any atom is -0.378 e. The van der Waals surface area contributed by atoms with E-state index >= 15 is 0 Å². The Morgan fingerprint density at radius 2 is 1.76 bits per heavy atom. The van der Waals surface area contributed by atoms with Gasteiger partial charge in [-0.05, 0) is 49.4 Å². The van der Waals surface area contributed by atoms with Crippen molar-refractivity contribution in [1.29, 1.82) is 0 Å². The number of urea groups is 1.